The largest absolute Gasteiger partial charge is 0.445 e. The molecule has 5 nitrogen and oxygen atoms in total. The average molecular weight is 297 g/mol. The first kappa shape index (κ1) is 16.0. The van der Waals surface area contributed by atoms with E-state index in [1.54, 1.807) is 12.1 Å². The smallest absolute Gasteiger partial charge is 0.407 e. The molecular weight excluding hydrogens is 280 g/mol. The predicted molar refractivity (Wildman–Crippen MR) is 79.0 cm³/mol. The number of ether oxygens (including phenoxy) is 1. The van der Waals surface area contributed by atoms with Crippen LogP contribution in [0.4, 0.5) is 10.5 Å². The van der Waals surface area contributed by atoms with Gasteiger partial charge in [-0.1, -0.05) is 24.8 Å². The van der Waals surface area contributed by atoms with E-state index in [0.717, 1.165) is 5.56 Å². The van der Waals surface area contributed by atoms with Gasteiger partial charge in [-0.2, -0.15) is 0 Å². The second kappa shape index (κ2) is 8.98. The lowest BCUT2D eigenvalue weighted by atomic mass is 10.1. The number of carbonyl (C=O) groups excluding carboxylic acids is 2. The lowest BCUT2D eigenvalue weighted by Gasteiger charge is -2.07. The molecule has 108 valence electrons. The highest BCUT2D eigenvalue weighted by Gasteiger charge is 2.02. The van der Waals surface area contributed by atoms with Crippen LogP contribution in [-0.4, -0.2) is 31.0 Å². The third-order valence-corrected chi connectivity index (χ3v) is 2.62. The van der Waals surface area contributed by atoms with Crippen LogP contribution >= 0.6 is 11.6 Å². The number of alkyl halides is 1. The van der Waals surface area contributed by atoms with Gasteiger partial charge in [0.05, 0.1) is 0 Å². The molecule has 0 fully saturated rings. The molecule has 6 heteroatoms. The van der Waals surface area contributed by atoms with Gasteiger partial charge < -0.3 is 15.4 Å². The molecular formula is C14H17ClN2O3. The normalized spacial score (nSPS) is 9.65. The summed E-state index contributed by atoms with van der Waals surface area (Å²) in [5, 5.41) is 5.27. The molecule has 0 radical (unpaired) electrons. The molecule has 1 aromatic carbocycles. The van der Waals surface area contributed by atoms with Crippen LogP contribution in [0, 0.1) is 0 Å². The molecule has 2 N–H and O–H groups in total. The fourth-order valence-corrected chi connectivity index (χ4v) is 1.51. The number of anilines is 1. The molecule has 0 aromatic heterocycles. The van der Waals surface area contributed by atoms with E-state index in [2.05, 4.69) is 17.2 Å². The zero-order valence-electron chi connectivity index (χ0n) is 11.0. The minimum absolute atomic E-state index is 0.0709. The Balaban J connectivity index is 2.32. The van der Waals surface area contributed by atoms with Crippen LogP contribution < -0.4 is 10.6 Å². The summed E-state index contributed by atoms with van der Waals surface area (Å²) in [6, 6.07) is 7.33. The molecule has 0 aliphatic carbocycles. The standard InChI is InChI=1S/C14H17ClN2O3/c1-2-9-20-14(19)16-8-7-11-3-5-12(6-4-11)17-13(18)10-15/h2-6H,1,7-10H2,(H,16,19)(H,17,18). The van der Waals surface area contributed by atoms with E-state index < -0.39 is 6.09 Å². The minimum atomic E-state index is -0.462. The van der Waals surface area contributed by atoms with Gasteiger partial charge in [-0.05, 0) is 24.1 Å². The van der Waals surface area contributed by atoms with E-state index in [9.17, 15) is 9.59 Å². The highest BCUT2D eigenvalue weighted by atomic mass is 35.5. The summed E-state index contributed by atoms with van der Waals surface area (Å²) >= 11 is 5.40. The number of carbonyl (C=O) groups is 2. The van der Waals surface area contributed by atoms with Gasteiger partial charge >= 0.3 is 6.09 Å². The molecule has 0 atom stereocenters. The number of hydrogen-bond acceptors (Lipinski definition) is 3. The molecule has 0 saturated heterocycles. The predicted octanol–water partition coefficient (Wildman–Crippen LogP) is 2.32. The SMILES string of the molecule is C=CCOC(=O)NCCc1ccc(NC(=O)CCl)cc1. The van der Waals surface area contributed by atoms with Crippen molar-refractivity contribution >= 4 is 29.3 Å². The van der Waals surface area contributed by atoms with Crippen molar-refractivity contribution in [2.75, 3.05) is 24.3 Å². The van der Waals surface area contributed by atoms with Crippen molar-refractivity contribution in [3.8, 4) is 0 Å². The van der Waals surface area contributed by atoms with E-state index >= 15 is 0 Å². The first-order valence-electron chi connectivity index (χ1n) is 6.12. The molecule has 0 spiro atoms. The molecule has 0 bridgehead atoms. The van der Waals surface area contributed by atoms with E-state index in [4.69, 9.17) is 16.3 Å². The zero-order chi connectivity index (χ0) is 14.8. The van der Waals surface area contributed by atoms with Gasteiger partial charge in [0.25, 0.3) is 0 Å². The molecule has 20 heavy (non-hydrogen) atoms. The lowest BCUT2D eigenvalue weighted by molar-refractivity contribution is -0.113. The molecule has 1 rings (SSSR count). The Kier molecular flexibility index (Phi) is 7.21. The summed E-state index contributed by atoms with van der Waals surface area (Å²) < 4.78 is 4.78. The first-order valence-corrected chi connectivity index (χ1v) is 6.65. The molecule has 2 amide bonds. The van der Waals surface area contributed by atoms with Crippen LogP contribution in [0.15, 0.2) is 36.9 Å². The summed E-state index contributed by atoms with van der Waals surface area (Å²) in [7, 11) is 0. The average Bonchev–Trinajstić information content (AvgIpc) is 2.46. The van der Waals surface area contributed by atoms with Gasteiger partial charge in [0, 0.05) is 12.2 Å². The van der Waals surface area contributed by atoms with Gasteiger partial charge in [-0.25, -0.2) is 4.79 Å². The number of hydrogen-bond donors (Lipinski definition) is 2. The number of alkyl carbamates (subject to hydrolysis) is 1. The van der Waals surface area contributed by atoms with Gasteiger partial charge in [0.1, 0.15) is 12.5 Å². The van der Waals surface area contributed by atoms with E-state index in [0.29, 0.717) is 18.7 Å². The van der Waals surface area contributed by atoms with E-state index in [1.165, 1.54) is 6.08 Å². The van der Waals surface area contributed by atoms with Gasteiger partial charge in [0.2, 0.25) is 5.91 Å². The van der Waals surface area contributed by atoms with Crippen LogP contribution in [0.1, 0.15) is 5.56 Å². The summed E-state index contributed by atoms with van der Waals surface area (Å²) in [5.41, 5.74) is 1.73. The third-order valence-electron chi connectivity index (χ3n) is 2.37. The van der Waals surface area contributed by atoms with Crippen LogP contribution in [0.5, 0.6) is 0 Å². The van der Waals surface area contributed by atoms with E-state index in [-0.39, 0.29) is 18.4 Å². The highest BCUT2D eigenvalue weighted by Crippen LogP contribution is 2.09. The number of rotatable bonds is 7. The summed E-state index contributed by atoms with van der Waals surface area (Å²) in [4.78, 5) is 22.2. The van der Waals surface area contributed by atoms with Crippen LogP contribution in [0.3, 0.4) is 0 Å². The maximum Gasteiger partial charge on any atom is 0.407 e. The maximum absolute atomic E-state index is 11.2. The number of nitrogens with one attached hydrogen (secondary N) is 2. The monoisotopic (exact) mass is 296 g/mol. The number of halogens is 1. The Hall–Kier alpha value is -2.01. The van der Waals surface area contributed by atoms with Crippen LogP contribution in [-0.2, 0) is 16.0 Å². The summed E-state index contributed by atoms with van der Waals surface area (Å²) in [5.74, 6) is -0.315. The van der Waals surface area contributed by atoms with Crippen LogP contribution in [0.2, 0.25) is 0 Å². The zero-order valence-corrected chi connectivity index (χ0v) is 11.8. The van der Waals surface area contributed by atoms with Crippen molar-refractivity contribution in [1.29, 1.82) is 0 Å². The Morgan fingerprint density at radius 1 is 1.30 bits per heavy atom. The first-order chi connectivity index (χ1) is 9.65. The fourth-order valence-electron chi connectivity index (χ4n) is 1.44. The molecule has 0 unspecified atom stereocenters. The van der Waals surface area contributed by atoms with Gasteiger partial charge in [-0.3, -0.25) is 4.79 Å². The Morgan fingerprint density at radius 2 is 2.00 bits per heavy atom. The third kappa shape index (κ3) is 6.24. The molecule has 0 aliphatic rings. The molecule has 0 heterocycles. The number of amides is 2. The van der Waals surface area contributed by atoms with Crippen molar-refractivity contribution in [3.05, 3.63) is 42.5 Å². The van der Waals surface area contributed by atoms with Gasteiger partial charge in [-0.15, -0.1) is 11.6 Å². The molecule has 1 aromatic rings. The van der Waals surface area contributed by atoms with Crippen molar-refractivity contribution < 1.29 is 14.3 Å². The molecule has 0 aliphatic heterocycles. The second-order valence-corrected chi connectivity index (χ2v) is 4.21. The van der Waals surface area contributed by atoms with Crippen molar-refractivity contribution in [2.24, 2.45) is 0 Å². The minimum Gasteiger partial charge on any atom is -0.445 e. The quantitative estimate of drug-likeness (QED) is 0.599. The molecule has 0 saturated carbocycles. The van der Waals surface area contributed by atoms with Crippen molar-refractivity contribution in [3.63, 3.8) is 0 Å². The summed E-state index contributed by atoms with van der Waals surface area (Å²) in [6.07, 6.45) is 1.72. The van der Waals surface area contributed by atoms with Crippen molar-refractivity contribution in [2.45, 2.75) is 6.42 Å². The Morgan fingerprint density at radius 3 is 2.60 bits per heavy atom. The summed E-state index contributed by atoms with van der Waals surface area (Å²) in [6.45, 7) is 4.12. The number of benzene rings is 1. The lowest BCUT2D eigenvalue weighted by Crippen LogP contribution is -2.26. The van der Waals surface area contributed by atoms with Crippen molar-refractivity contribution in [1.82, 2.24) is 5.32 Å². The topological polar surface area (TPSA) is 67.4 Å². The maximum atomic E-state index is 11.2. The van der Waals surface area contributed by atoms with Crippen LogP contribution in [0.25, 0.3) is 0 Å². The van der Waals surface area contributed by atoms with E-state index in [1.807, 2.05) is 12.1 Å². The second-order valence-electron chi connectivity index (χ2n) is 3.94. The fraction of sp³-hybridized carbons (Fsp3) is 0.286. The highest BCUT2D eigenvalue weighted by molar-refractivity contribution is 6.29. The Bertz CT molecular complexity index is 460. The van der Waals surface area contributed by atoms with Gasteiger partial charge in [0.15, 0.2) is 0 Å². The Labute approximate surface area is 123 Å².